The topological polar surface area (TPSA) is 21.3 Å². The van der Waals surface area contributed by atoms with E-state index >= 15 is 0 Å². The van der Waals surface area contributed by atoms with Crippen LogP contribution in [0.4, 0.5) is 4.39 Å². The Morgan fingerprint density at radius 2 is 2.06 bits per heavy atom. The van der Waals surface area contributed by atoms with Crippen LogP contribution < -0.4 is 10.1 Å². The molecule has 0 saturated carbocycles. The largest absolute Gasteiger partial charge is 0.494 e. The lowest BCUT2D eigenvalue weighted by molar-refractivity contribution is 0.385. The number of nitrogens with one attached hydrogen (secondary N) is 1. The zero-order valence-electron chi connectivity index (χ0n) is 11.7. The van der Waals surface area contributed by atoms with Crippen LogP contribution >= 0.6 is 11.8 Å². The summed E-state index contributed by atoms with van der Waals surface area (Å²) in [6.07, 6.45) is 0. The Labute approximate surface area is 113 Å². The third-order valence-electron chi connectivity index (χ3n) is 2.61. The maximum Gasteiger partial charge on any atom is 0.165 e. The first kappa shape index (κ1) is 15.3. The molecule has 4 heteroatoms. The van der Waals surface area contributed by atoms with E-state index in [0.29, 0.717) is 0 Å². The summed E-state index contributed by atoms with van der Waals surface area (Å²) in [5, 5.41) is 3.23. The number of hydrogen-bond donors (Lipinski definition) is 1. The standard InChI is InChI=1S/C14H22FNOS/c1-14(2,3)18-9-12(16-4)10-6-7-13(17-5)11(15)8-10/h6-8,12,16H,9H2,1-5H3. The van der Waals surface area contributed by atoms with Crippen molar-refractivity contribution in [3.05, 3.63) is 29.6 Å². The molecule has 1 atom stereocenters. The summed E-state index contributed by atoms with van der Waals surface area (Å²) in [4.78, 5) is 0. The lowest BCUT2D eigenvalue weighted by Gasteiger charge is -2.23. The predicted octanol–water partition coefficient (Wildman–Crippen LogP) is 3.63. The molecular weight excluding hydrogens is 249 g/mol. The van der Waals surface area contributed by atoms with E-state index in [0.717, 1.165) is 11.3 Å². The van der Waals surface area contributed by atoms with Crippen LogP contribution in [0.25, 0.3) is 0 Å². The summed E-state index contributed by atoms with van der Waals surface area (Å²) in [6.45, 7) is 6.54. The van der Waals surface area contributed by atoms with Gasteiger partial charge < -0.3 is 10.1 Å². The van der Waals surface area contributed by atoms with Crippen LogP contribution in [0.3, 0.4) is 0 Å². The van der Waals surface area contributed by atoms with Crippen molar-refractivity contribution in [3.63, 3.8) is 0 Å². The molecule has 0 fully saturated rings. The van der Waals surface area contributed by atoms with Crippen LogP contribution in [-0.2, 0) is 0 Å². The summed E-state index contributed by atoms with van der Waals surface area (Å²) in [7, 11) is 3.37. The average molecular weight is 271 g/mol. The van der Waals surface area contributed by atoms with E-state index in [-0.39, 0.29) is 22.4 Å². The second-order valence-electron chi connectivity index (χ2n) is 5.16. The maximum absolute atomic E-state index is 13.7. The monoisotopic (exact) mass is 271 g/mol. The molecule has 0 spiro atoms. The minimum absolute atomic E-state index is 0.148. The lowest BCUT2D eigenvalue weighted by Crippen LogP contribution is -2.22. The zero-order chi connectivity index (χ0) is 13.8. The highest BCUT2D eigenvalue weighted by Gasteiger charge is 2.17. The Morgan fingerprint density at radius 3 is 2.50 bits per heavy atom. The second kappa shape index (κ2) is 6.43. The molecule has 0 heterocycles. The number of methoxy groups -OCH3 is 1. The van der Waals surface area contributed by atoms with Crippen molar-refractivity contribution in [1.82, 2.24) is 5.32 Å². The van der Waals surface area contributed by atoms with E-state index < -0.39 is 0 Å². The van der Waals surface area contributed by atoms with E-state index in [4.69, 9.17) is 4.74 Å². The van der Waals surface area contributed by atoms with Crippen molar-refractivity contribution in [2.75, 3.05) is 19.9 Å². The Hall–Kier alpha value is -0.740. The Morgan fingerprint density at radius 1 is 1.39 bits per heavy atom. The van der Waals surface area contributed by atoms with Gasteiger partial charge in [0.15, 0.2) is 11.6 Å². The molecule has 2 nitrogen and oxygen atoms in total. The molecule has 1 aromatic rings. The van der Waals surface area contributed by atoms with Crippen LogP contribution in [0.5, 0.6) is 5.75 Å². The number of benzene rings is 1. The van der Waals surface area contributed by atoms with Crippen LogP contribution in [0.2, 0.25) is 0 Å². The Kier molecular flexibility index (Phi) is 5.47. The van der Waals surface area contributed by atoms with E-state index in [1.807, 2.05) is 24.9 Å². The molecule has 1 aromatic carbocycles. The van der Waals surface area contributed by atoms with Gasteiger partial charge in [-0.25, -0.2) is 4.39 Å². The molecule has 1 N–H and O–H groups in total. The quantitative estimate of drug-likeness (QED) is 0.883. The van der Waals surface area contributed by atoms with Crippen molar-refractivity contribution in [2.45, 2.75) is 31.6 Å². The Bertz CT molecular complexity index is 390. The van der Waals surface area contributed by atoms with Gasteiger partial charge in [0.2, 0.25) is 0 Å². The SMILES string of the molecule is CNC(CSC(C)(C)C)c1ccc(OC)c(F)c1. The van der Waals surface area contributed by atoms with E-state index in [1.54, 1.807) is 12.1 Å². The third kappa shape index (κ3) is 4.50. The summed E-state index contributed by atoms with van der Waals surface area (Å²) in [5.74, 6) is 0.888. The lowest BCUT2D eigenvalue weighted by atomic mass is 10.1. The van der Waals surface area contributed by atoms with E-state index in [9.17, 15) is 4.39 Å². The van der Waals surface area contributed by atoms with Crippen LogP contribution in [0, 0.1) is 5.82 Å². The van der Waals surface area contributed by atoms with Gasteiger partial charge in [0.25, 0.3) is 0 Å². The molecule has 0 saturated heterocycles. The normalized spacial score (nSPS) is 13.4. The van der Waals surface area contributed by atoms with Crippen LogP contribution in [-0.4, -0.2) is 24.7 Å². The number of hydrogen-bond acceptors (Lipinski definition) is 3. The Balaban J connectivity index is 2.79. The number of rotatable bonds is 5. The molecular formula is C14H22FNOS. The van der Waals surface area contributed by atoms with Gasteiger partial charge in [-0.1, -0.05) is 26.8 Å². The van der Waals surface area contributed by atoms with Gasteiger partial charge >= 0.3 is 0 Å². The van der Waals surface area contributed by atoms with E-state index in [1.165, 1.54) is 7.11 Å². The van der Waals surface area contributed by atoms with Gasteiger partial charge in [-0.3, -0.25) is 0 Å². The van der Waals surface area contributed by atoms with Crippen LogP contribution in [0.1, 0.15) is 32.4 Å². The maximum atomic E-state index is 13.7. The molecule has 0 amide bonds. The molecule has 0 aliphatic rings. The van der Waals surface area contributed by atoms with Gasteiger partial charge in [-0.05, 0) is 24.7 Å². The predicted molar refractivity (Wildman–Crippen MR) is 77.0 cm³/mol. The molecule has 18 heavy (non-hydrogen) atoms. The summed E-state index contributed by atoms with van der Waals surface area (Å²) >= 11 is 1.86. The van der Waals surface area contributed by atoms with Crippen molar-refractivity contribution < 1.29 is 9.13 Å². The molecule has 1 unspecified atom stereocenters. The average Bonchev–Trinajstić information content (AvgIpc) is 2.28. The van der Waals surface area contributed by atoms with Gasteiger partial charge in [0.05, 0.1) is 7.11 Å². The first-order valence-corrected chi connectivity index (χ1v) is 7.00. The first-order valence-electron chi connectivity index (χ1n) is 6.02. The van der Waals surface area contributed by atoms with Crippen molar-refractivity contribution in [1.29, 1.82) is 0 Å². The fourth-order valence-corrected chi connectivity index (χ4v) is 2.60. The third-order valence-corrected chi connectivity index (χ3v) is 3.98. The van der Waals surface area contributed by atoms with Gasteiger partial charge in [-0.2, -0.15) is 11.8 Å². The van der Waals surface area contributed by atoms with Crippen molar-refractivity contribution in [2.24, 2.45) is 0 Å². The van der Waals surface area contributed by atoms with Crippen molar-refractivity contribution >= 4 is 11.8 Å². The first-order chi connectivity index (χ1) is 8.37. The molecule has 0 aromatic heterocycles. The fourth-order valence-electron chi connectivity index (χ4n) is 1.58. The molecule has 0 aliphatic heterocycles. The minimum Gasteiger partial charge on any atom is -0.494 e. The van der Waals surface area contributed by atoms with Crippen molar-refractivity contribution in [3.8, 4) is 5.75 Å². The van der Waals surface area contributed by atoms with E-state index in [2.05, 4.69) is 26.1 Å². The molecule has 0 aliphatic carbocycles. The highest BCUT2D eigenvalue weighted by molar-refractivity contribution is 8.00. The van der Waals surface area contributed by atoms with Gasteiger partial charge in [0.1, 0.15) is 0 Å². The fraction of sp³-hybridized carbons (Fsp3) is 0.571. The zero-order valence-corrected chi connectivity index (χ0v) is 12.5. The molecule has 0 bridgehead atoms. The summed E-state index contributed by atoms with van der Waals surface area (Å²) in [5.41, 5.74) is 0.951. The highest BCUT2D eigenvalue weighted by Crippen LogP contribution is 2.29. The highest BCUT2D eigenvalue weighted by atomic mass is 32.2. The van der Waals surface area contributed by atoms with Crippen LogP contribution in [0.15, 0.2) is 18.2 Å². The summed E-state index contributed by atoms with van der Waals surface area (Å²) in [6, 6.07) is 5.28. The smallest absolute Gasteiger partial charge is 0.165 e. The number of halogens is 1. The number of ether oxygens (including phenoxy) is 1. The van der Waals surface area contributed by atoms with Gasteiger partial charge in [-0.15, -0.1) is 0 Å². The van der Waals surface area contributed by atoms with Gasteiger partial charge in [0, 0.05) is 16.5 Å². The molecule has 0 radical (unpaired) electrons. The summed E-state index contributed by atoms with van der Waals surface area (Å²) < 4.78 is 18.8. The minimum atomic E-state index is -0.309. The molecule has 102 valence electrons. The second-order valence-corrected chi connectivity index (χ2v) is 7.01. The number of thioether (sulfide) groups is 1. The molecule has 1 rings (SSSR count).